The van der Waals surface area contributed by atoms with Crippen molar-refractivity contribution in [2.45, 2.75) is 63.7 Å². The predicted octanol–water partition coefficient (Wildman–Crippen LogP) is 8.02. The van der Waals surface area contributed by atoms with Gasteiger partial charge in [-0.3, -0.25) is 4.98 Å². The first-order chi connectivity index (χ1) is 14.3. The number of hydrogen-bond donors (Lipinski definition) is 0. The van der Waals surface area contributed by atoms with Crippen LogP contribution < -0.4 is 0 Å². The Hall–Kier alpha value is -2.41. The molecule has 1 heterocycles. The maximum absolute atomic E-state index is 4.69. The van der Waals surface area contributed by atoms with Crippen LogP contribution in [0.1, 0.15) is 69.3 Å². The summed E-state index contributed by atoms with van der Waals surface area (Å²) in [4.78, 5) is 4.69. The Morgan fingerprint density at radius 1 is 0.621 bits per heavy atom. The highest BCUT2D eigenvalue weighted by molar-refractivity contribution is 5.67. The fourth-order valence-corrected chi connectivity index (χ4v) is 5.66. The van der Waals surface area contributed by atoms with Crippen molar-refractivity contribution < 1.29 is 0 Å². The van der Waals surface area contributed by atoms with Gasteiger partial charge in [-0.15, -0.1) is 0 Å². The van der Waals surface area contributed by atoms with E-state index in [2.05, 4.69) is 65.6 Å². The van der Waals surface area contributed by atoms with Crippen LogP contribution in [0.5, 0.6) is 0 Å². The van der Waals surface area contributed by atoms with E-state index in [1.54, 1.807) is 0 Å². The van der Waals surface area contributed by atoms with E-state index in [9.17, 15) is 0 Å². The Bertz CT molecular complexity index is 908. The molecule has 0 amide bonds. The number of hydrogen-bond acceptors (Lipinski definition) is 1. The molecule has 0 unspecified atom stereocenters. The molecular formula is C28H31N. The summed E-state index contributed by atoms with van der Waals surface area (Å²) < 4.78 is 0. The van der Waals surface area contributed by atoms with Crippen LogP contribution in [0.25, 0.3) is 22.4 Å². The number of pyridine rings is 1. The largest absolute Gasteiger partial charge is 0.256 e. The maximum Gasteiger partial charge on any atom is 0.0702 e. The third-order valence-corrected chi connectivity index (χ3v) is 7.51. The van der Waals surface area contributed by atoms with Crippen molar-refractivity contribution in [1.82, 2.24) is 4.98 Å². The molecule has 1 nitrogen and oxygen atoms in total. The Balaban J connectivity index is 1.26. The first-order valence-electron chi connectivity index (χ1n) is 11.4. The summed E-state index contributed by atoms with van der Waals surface area (Å²) in [5.74, 6) is 0.759. The van der Waals surface area contributed by atoms with Gasteiger partial charge in [-0.05, 0) is 67.1 Å². The van der Waals surface area contributed by atoms with Gasteiger partial charge in [-0.2, -0.15) is 0 Å². The van der Waals surface area contributed by atoms with Crippen LogP contribution in [0.15, 0.2) is 72.9 Å². The molecule has 0 saturated heterocycles. The van der Waals surface area contributed by atoms with Crippen LogP contribution in [0.4, 0.5) is 0 Å². The monoisotopic (exact) mass is 381 g/mol. The van der Waals surface area contributed by atoms with Crippen LogP contribution in [0, 0.1) is 5.41 Å². The summed E-state index contributed by atoms with van der Waals surface area (Å²) >= 11 is 0. The Morgan fingerprint density at radius 2 is 1.31 bits per heavy atom. The van der Waals surface area contributed by atoms with Gasteiger partial charge in [0.05, 0.1) is 5.69 Å². The zero-order chi connectivity index (χ0) is 19.5. The van der Waals surface area contributed by atoms with Crippen LogP contribution >= 0.6 is 0 Å². The minimum atomic E-state index is 0.709. The van der Waals surface area contributed by atoms with E-state index in [0.29, 0.717) is 5.41 Å². The molecule has 2 aromatic carbocycles. The second-order valence-electron chi connectivity index (χ2n) is 9.26. The SMILES string of the molecule is c1ccc(-c2ccc(-c3ccc(C4CCC5(CCCCC5)CC4)cc3)cn2)cc1. The Morgan fingerprint density at radius 3 is 1.97 bits per heavy atom. The molecule has 1 spiro atoms. The summed E-state index contributed by atoms with van der Waals surface area (Å²) in [5, 5.41) is 0. The fraction of sp³-hybridized carbons (Fsp3) is 0.393. The molecule has 0 bridgehead atoms. The molecule has 0 radical (unpaired) electrons. The van der Waals surface area contributed by atoms with E-state index >= 15 is 0 Å². The minimum Gasteiger partial charge on any atom is -0.256 e. The van der Waals surface area contributed by atoms with Gasteiger partial charge in [0.15, 0.2) is 0 Å². The smallest absolute Gasteiger partial charge is 0.0702 e. The minimum absolute atomic E-state index is 0.709. The summed E-state index contributed by atoms with van der Waals surface area (Å²) in [6.07, 6.45) is 15.1. The van der Waals surface area contributed by atoms with Crippen molar-refractivity contribution >= 4 is 0 Å². The molecule has 2 fully saturated rings. The van der Waals surface area contributed by atoms with Gasteiger partial charge >= 0.3 is 0 Å². The van der Waals surface area contributed by atoms with E-state index in [1.807, 2.05) is 12.3 Å². The lowest BCUT2D eigenvalue weighted by Crippen LogP contribution is -2.29. The van der Waals surface area contributed by atoms with Crippen molar-refractivity contribution in [1.29, 1.82) is 0 Å². The third-order valence-electron chi connectivity index (χ3n) is 7.51. The van der Waals surface area contributed by atoms with Gasteiger partial charge in [0.25, 0.3) is 0 Å². The first-order valence-corrected chi connectivity index (χ1v) is 11.4. The second kappa shape index (κ2) is 8.14. The van der Waals surface area contributed by atoms with Gasteiger partial charge in [0.2, 0.25) is 0 Å². The third kappa shape index (κ3) is 4.01. The highest BCUT2D eigenvalue weighted by atomic mass is 14.7. The van der Waals surface area contributed by atoms with E-state index in [0.717, 1.165) is 11.6 Å². The summed E-state index contributed by atoms with van der Waals surface area (Å²) in [6.45, 7) is 0. The van der Waals surface area contributed by atoms with E-state index in [1.165, 1.54) is 80.0 Å². The summed E-state index contributed by atoms with van der Waals surface area (Å²) in [7, 11) is 0. The Labute approximate surface area is 175 Å². The second-order valence-corrected chi connectivity index (χ2v) is 9.26. The number of benzene rings is 2. The highest BCUT2D eigenvalue weighted by Gasteiger charge is 2.36. The quantitative estimate of drug-likeness (QED) is 0.447. The first kappa shape index (κ1) is 18.6. The van der Waals surface area contributed by atoms with E-state index in [-0.39, 0.29) is 0 Å². The van der Waals surface area contributed by atoms with Crippen molar-refractivity contribution in [2.24, 2.45) is 5.41 Å². The Kier molecular flexibility index (Phi) is 5.23. The lowest BCUT2D eigenvalue weighted by Gasteiger charge is -2.43. The average Bonchev–Trinajstić information content (AvgIpc) is 2.81. The van der Waals surface area contributed by atoms with Gasteiger partial charge in [0, 0.05) is 17.3 Å². The van der Waals surface area contributed by atoms with Gasteiger partial charge in [0.1, 0.15) is 0 Å². The number of aromatic nitrogens is 1. The topological polar surface area (TPSA) is 12.9 Å². The van der Waals surface area contributed by atoms with Crippen molar-refractivity contribution in [3.05, 3.63) is 78.5 Å². The molecule has 1 aromatic heterocycles. The molecule has 29 heavy (non-hydrogen) atoms. The molecular weight excluding hydrogens is 350 g/mol. The van der Waals surface area contributed by atoms with Crippen molar-refractivity contribution in [2.75, 3.05) is 0 Å². The number of rotatable bonds is 3. The molecule has 148 valence electrons. The van der Waals surface area contributed by atoms with Crippen molar-refractivity contribution in [3.8, 4) is 22.4 Å². The van der Waals surface area contributed by atoms with Gasteiger partial charge in [-0.25, -0.2) is 0 Å². The van der Waals surface area contributed by atoms with Crippen LogP contribution in [0.2, 0.25) is 0 Å². The van der Waals surface area contributed by atoms with Crippen LogP contribution in [-0.2, 0) is 0 Å². The van der Waals surface area contributed by atoms with Crippen molar-refractivity contribution in [3.63, 3.8) is 0 Å². The lowest BCUT2D eigenvalue weighted by atomic mass is 9.62. The van der Waals surface area contributed by atoms with Crippen LogP contribution in [-0.4, -0.2) is 4.98 Å². The normalized spacial score (nSPS) is 19.3. The molecule has 1 heteroatoms. The zero-order valence-electron chi connectivity index (χ0n) is 17.3. The standard InChI is InChI=1S/C28H31N/c1-3-7-25(8-4-1)27-14-13-26(21-29-27)23-11-9-22(10-12-23)24-15-19-28(20-16-24)17-5-2-6-18-28/h1,3-4,7-14,21,24H,2,5-6,15-20H2. The maximum atomic E-state index is 4.69. The molecule has 5 rings (SSSR count). The molecule has 2 aliphatic carbocycles. The van der Waals surface area contributed by atoms with E-state index < -0.39 is 0 Å². The molecule has 2 aliphatic rings. The average molecular weight is 382 g/mol. The molecule has 3 aromatic rings. The van der Waals surface area contributed by atoms with Gasteiger partial charge < -0.3 is 0 Å². The zero-order valence-corrected chi connectivity index (χ0v) is 17.3. The lowest BCUT2D eigenvalue weighted by molar-refractivity contribution is 0.114. The molecule has 0 atom stereocenters. The van der Waals surface area contributed by atoms with Gasteiger partial charge in [-0.1, -0.05) is 79.9 Å². The van der Waals surface area contributed by atoms with E-state index in [4.69, 9.17) is 0 Å². The fourth-order valence-electron chi connectivity index (χ4n) is 5.66. The number of nitrogens with zero attached hydrogens (tertiary/aromatic N) is 1. The summed E-state index contributed by atoms with van der Waals surface area (Å²) in [6, 6.07) is 24.0. The molecule has 2 saturated carbocycles. The molecule has 0 N–H and O–H groups in total. The molecule has 0 aliphatic heterocycles. The highest BCUT2D eigenvalue weighted by Crippen LogP contribution is 2.50. The predicted molar refractivity (Wildman–Crippen MR) is 122 cm³/mol. The summed E-state index contributed by atoms with van der Waals surface area (Å²) in [5.41, 5.74) is 6.91. The van der Waals surface area contributed by atoms with Crippen LogP contribution in [0.3, 0.4) is 0 Å².